The summed E-state index contributed by atoms with van der Waals surface area (Å²) in [4.78, 5) is 11.9. The van der Waals surface area contributed by atoms with Gasteiger partial charge >= 0.3 is 0 Å². The van der Waals surface area contributed by atoms with Crippen molar-refractivity contribution in [1.82, 2.24) is 10.0 Å². The van der Waals surface area contributed by atoms with Crippen molar-refractivity contribution in [2.75, 3.05) is 6.54 Å². The highest BCUT2D eigenvalue weighted by Gasteiger charge is 2.07. The lowest BCUT2D eigenvalue weighted by atomic mass is 10.1. The maximum Gasteiger partial charge on any atom is 0.233 e. The Bertz CT molecular complexity index is 872. The Kier molecular flexibility index (Phi) is 7.12. The van der Waals surface area contributed by atoms with Crippen molar-refractivity contribution in [3.8, 4) is 0 Å². The van der Waals surface area contributed by atoms with Crippen LogP contribution in [0.1, 0.15) is 28.7 Å². The van der Waals surface area contributed by atoms with E-state index in [9.17, 15) is 13.2 Å². The number of hydrogen-bond donors (Lipinski definition) is 2. The molecule has 0 aliphatic rings. The zero-order valence-electron chi connectivity index (χ0n) is 15.0. The van der Waals surface area contributed by atoms with E-state index in [1.807, 2.05) is 62.4 Å². The average Bonchev–Trinajstić information content (AvgIpc) is 2.60. The highest BCUT2D eigenvalue weighted by molar-refractivity contribution is 7.92. The number of amides is 1. The highest BCUT2D eigenvalue weighted by Crippen LogP contribution is 2.07. The van der Waals surface area contributed by atoms with Gasteiger partial charge in [0.25, 0.3) is 0 Å². The van der Waals surface area contributed by atoms with E-state index in [1.54, 1.807) is 0 Å². The van der Waals surface area contributed by atoms with Gasteiger partial charge in [0.15, 0.2) is 0 Å². The van der Waals surface area contributed by atoms with Gasteiger partial charge in [-0.15, -0.1) is 0 Å². The van der Waals surface area contributed by atoms with Gasteiger partial charge in [0.2, 0.25) is 15.9 Å². The summed E-state index contributed by atoms with van der Waals surface area (Å²) in [6, 6.07) is 15.3. The number of carbonyl (C=O) groups excluding carboxylic acids is 1. The smallest absolute Gasteiger partial charge is 0.233 e. The molecule has 0 aliphatic carbocycles. The summed E-state index contributed by atoms with van der Waals surface area (Å²) in [7, 11) is -3.57. The molecule has 2 aromatic rings. The lowest BCUT2D eigenvalue weighted by Gasteiger charge is -2.08. The molecular formula is C20H24N2O3S. The summed E-state index contributed by atoms with van der Waals surface area (Å²) in [5, 5.41) is 3.91. The molecule has 6 heteroatoms. The molecule has 0 heterocycles. The molecule has 26 heavy (non-hydrogen) atoms. The van der Waals surface area contributed by atoms with E-state index in [-0.39, 0.29) is 18.9 Å². The fourth-order valence-electron chi connectivity index (χ4n) is 2.29. The summed E-state index contributed by atoms with van der Waals surface area (Å²) in [5.74, 6) is -0.196. The average molecular weight is 372 g/mol. The van der Waals surface area contributed by atoms with Crippen molar-refractivity contribution in [3.63, 3.8) is 0 Å². The molecule has 0 saturated heterocycles. The summed E-state index contributed by atoms with van der Waals surface area (Å²) in [6.45, 7) is 4.44. The third kappa shape index (κ3) is 6.82. The summed E-state index contributed by atoms with van der Waals surface area (Å²) >= 11 is 0. The summed E-state index contributed by atoms with van der Waals surface area (Å²) in [6.07, 6.45) is 1.61. The second kappa shape index (κ2) is 9.31. The van der Waals surface area contributed by atoms with Crippen LogP contribution >= 0.6 is 0 Å². The maximum atomic E-state index is 11.9. The first-order valence-electron chi connectivity index (χ1n) is 8.41. The van der Waals surface area contributed by atoms with Gasteiger partial charge in [0, 0.05) is 24.9 Å². The third-order valence-corrected chi connectivity index (χ3v) is 5.01. The topological polar surface area (TPSA) is 75.3 Å². The molecule has 2 aromatic carbocycles. The molecule has 0 unspecified atom stereocenters. The molecule has 0 saturated carbocycles. The zero-order chi connectivity index (χ0) is 19.0. The molecule has 0 spiro atoms. The van der Waals surface area contributed by atoms with Crippen molar-refractivity contribution in [1.29, 1.82) is 0 Å². The number of sulfonamides is 1. The fourth-order valence-corrected chi connectivity index (χ4v) is 3.11. The summed E-state index contributed by atoms with van der Waals surface area (Å²) in [5.41, 5.74) is 4.06. The first-order chi connectivity index (χ1) is 12.4. The molecular weight excluding hydrogens is 348 g/mol. The van der Waals surface area contributed by atoms with Gasteiger partial charge in [0.05, 0.1) is 0 Å². The van der Waals surface area contributed by atoms with Crippen LogP contribution in [0.3, 0.4) is 0 Å². The molecule has 0 atom stereocenters. The third-order valence-electron chi connectivity index (χ3n) is 3.91. The van der Waals surface area contributed by atoms with Crippen molar-refractivity contribution in [3.05, 3.63) is 76.2 Å². The van der Waals surface area contributed by atoms with Gasteiger partial charge in [-0.3, -0.25) is 4.79 Å². The minimum atomic E-state index is -3.57. The van der Waals surface area contributed by atoms with Crippen molar-refractivity contribution in [2.24, 2.45) is 0 Å². The van der Waals surface area contributed by atoms with Crippen LogP contribution in [0.2, 0.25) is 0 Å². The second-order valence-electron chi connectivity index (χ2n) is 6.11. The number of nitrogens with one attached hydrogen (secondary N) is 2. The first-order valence-corrected chi connectivity index (χ1v) is 9.96. The minimum Gasteiger partial charge on any atom is -0.352 e. The Balaban J connectivity index is 1.76. The van der Waals surface area contributed by atoms with E-state index < -0.39 is 10.0 Å². The van der Waals surface area contributed by atoms with Gasteiger partial charge in [-0.2, -0.15) is 0 Å². The predicted octanol–water partition coefficient (Wildman–Crippen LogP) is 2.90. The normalized spacial score (nSPS) is 11.6. The van der Waals surface area contributed by atoms with Gasteiger partial charge in [0.1, 0.15) is 0 Å². The largest absolute Gasteiger partial charge is 0.352 e. The first kappa shape index (κ1) is 19.9. The number of rotatable bonds is 8. The van der Waals surface area contributed by atoms with E-state index in [1.165, 1.54) is 6.08 Å². The van der Waals surface area contributed by atoms with Crippen LogP contribution in [0, 0.1) is 13.8 Å². The second-order valence-corrected chi connectivity index (χ2v) is 7.76. The van der Waals surface area contributed by atoms with Crippen molar-refractivity contribution in [2.45, 2.75) is 26.8 Å². The lowest BCUT2D eigenvalue weighted by molar-refractivity contribution is -0.121. The Hall–Kier alpha value is -2.44. The van der Waals surface area contributed by atoms with E-state index in [0.29, 0.717) is 6.54 Å². The van der Waals surface area contributed by atoms with E-state index in [2.05, 4.69) is 10.0 Å². The highest BCUT2D eigenvalue weighted by atomic mass is 32.2. The fraction of sp³-hybridized carbons (Fsp3) is 0.250. The van der Waals surface area contributed by atoms with E-state index in [0.717, 1.165) is 27.7 Å². The van der Waals surface area contributed by atoms with Gasteiger partial charge < -0.3 is 5.32 Å². The van der Waals surface area contributed by atoms with E-state index >= 15 is 0 Å². The monoisotopic (exact) mass is 372 g/mol. The molecule has 5 nitrogen and oxygen atoms in total. The molecule has 0 bridgehead atoms. The molecule has 1 amide bonds. The van der Waals surface area contributed by atoms with E-state index in [4.69, 9.17) is 0 Å². The van der Waals surface area contributed by atoms with Crippen molar-refractivity contribution >= 4 is 22.0 Å². The van der Waals surface area contributed by atoms with Crippen LogP contribution in [0.25, 0.3) is 6.08 Å². The number of carbonyl (C=O) groups is 1. The molecule has 0 aliphatic heterocycles. The number of aryl methyl sites for hydroxylation is 2. The molecule has 2 rings (SSSR count). The quantitative estimate of drug-likeness (QED) is 0.748. The van der Waals surface area contributed by atoms with Crippen LogP contribution in [-0.4, -0.2) is 20.9 Å². The molecule has 138 valence electrons. The van der Waals surface area contributed by atoms with Gasteiger partial charge in [-0.25, -0.2) is 13.1 Å². The van der Waals surface area contributed by atoms with Crippen LogP contribution in [0.4, 0.5) is 0 Å². The molecule has 2 N–H and O–H groups in total. The Morgan fingerprint density at radius 3 is 2.42 bits per heavy atom. The van der Waals surface area contributed by atoms with Crippen LogP contribution in [0.5, 0.6) is 0 Å². The van der Waals surface area contributed by atoms with Crippen molar-refractivity contribution < 1.29 is 13.2 Å². The Labute approximate surface area is 155 Å². The SMILES string of the molecule is Cc1ccc(/C=C/S(=O)(=O)NCCC(=O)NCc2ccccc2C)cc1. The van der Waals surface area contributed by atoms with Crippen LogP contribution in [0.15, 0.2) is 53.9 Å². The maximum absolute atomic E-state index is 11.9. The molecule has 0 aromatic heterocycles. The Morgan fingerprint density at radius 1 is 1.04 bits per heavy atom. The number of hydrogen-bond acceptors (Lipinski definition) is 3. The standard InChI is InChI=1S/C20H24N2O3S/c1-16-7-9-18(10-8-16)12-14-26(24,25)22-13-11-20(23)21-15-19-6-4-3-5-17(19)2/h3-10,12,14,22H,11,13,15H2,1-2H3,(H,21,23)/b14-12+. The molecule has 0 fully saturated rings. The Morgan fingerprint density at radius 2 is 1.73 bits per heavy atom. The number of benzene rings is 2. The lowest BCUT2D eigenvalue weighted by Crippen LogP contribution is -2.29. The minimum absolute atomic E-state index is 0.0557. The zero-order valence-corrected chi connectivity index (χ0v) is 15.8. The van der Waals surface area contributed by atoms with Crippen LogP contribution < -0.4 is 10.0 Å². The summed E-state index contributed by atoms with van der Waals surface area (Å²) < 4.78 is 26.3. The molecule has 0 radical (unpaired) electrons. The van der Waals surface area contributed by atoms with Gasteiger partial charge in [-0.1, -0.05) is 54.1 Å². The van der Waals surface area contributed by atoms with Crippen LogP contribution in [-0.2, 0) is 21.4 Å². The van der Waals surface area contributed by atoms with Gasteiger partial charge in [-0.05, 0) is 36.6 Å². The predicted molar refractivity (Wildman–Crippen MR) is 105 cm³/mol.